The highest BCUT2D eigenvalue weighted by Gasteiger charge is 2.15. The lowest BCUT2D eigenvalue weighted by Crippen LogP contribution is -2.17. The molecule has 168 valence electrons. The van der Waals surface area contributed by atoms with E-state index in [9.17, 15) is 13.2 Å². The first-order valence-corrected chi connectivity index (χ1v) is 13.0. The molecule has 3 aromatic carbocycles. The van der Waals surface area contributed by atoms with E-state index >= 15 is 0 Å². The molecule has 0 bridgehead atoms. The molecule has 3 aromatic rings. The van der Waals surface area contributed by atoms with Crippen molar-refractivity contribution in [2.75, 3.05) is 5.75 Å². The van der Waals surface area contributed by atoms with E-state index in [1.54, 1.807) is 13.8 Å². The summed E-state index contributed by atoms with van der Waals surface area (Å²) in [4.78, 5) is 12.3. The molecule has 0 heterocycles. The van der Waals surface area contributed by atoms with Crippen molar-refractivity contribution < 1.29 is 13.2 Å². The number of ketones is 1. The Morgan fingerprint density at radius 2 is 1.19 bits per heavy atom. The zero-order valence-electron chi connectivity index (χ0n) is 19.0. The molecule has 0 radical (unpaired) electrons. The van der Waals surface area contributed by atoms with Gasteiger partial charge in [-0.15, -0.1) is 0 Å². The van der Waals surface area contributed by atoms with Crippen LogP contribution in [0.2, 0.25) is 0 Å². The van der Waals surface area contributed by atoms with Gasteiger partial charge in [-0.2, -0.15) is 0 Å². The van der Waals surface area contributed by atoms with E-state index in [0.29, 0.717) is 19.3 Å². The fraction of sp³-hybridized carbons (Fsp3) is 0.321. The molecule has 0 fully saturated rings. The molecular formula is C28H32O3S. The molecule has 3 nitrogen and oxygen atoms in total. The summed E-state index contributed by atoms with van der Waals surface area (Å²) in [5.41, 5.74) is 5.70. The maximum absolute atomic E-state index is 12.3. The molecular weight excluding hydrogens is 416 g/mol. The summed E-state index contributed by atoms with van der Waals surface area (Å²) in [6, 6.07) is 27.0. The van der Waals surface area contributed by atoms with Crippen molar-refractivity contribution in [3.8, 4) is 22.3 Å². The molecule has 0 saturated heterocycles. The normalized spacial score (nSPS) is 11.6. The van der Waals surface area contributed by atoms with Crippen molar-refractivity contribution in [1.29, 1.82) is 0 Å². The van der Waals surface area contributed by atoms with Crippen molar-refractivity contribution in [1.82, 2.24) is 0 Å². The summed E-state index contributed by atoms with van der Waals surface area (Å²) in [7, 11) is -2.98. The Kier molecular flexibility index (Phi) is 8.40. The zero-order valence-corrected chi connectivity index (χ0v) is 19.8. The molecule has 0 amide bonds. The molecule has 0 aliphatic carbocycles. The van der Waals surface area contributed by atoms with E-state index in [2.05, 4.69) is 48.5 Å². The lowest BCUT2D eigenvalue weighted by molar-refractivity contribution is -0.118. The highest BCUT2D eigenvalue weighted by atomic mass is 32.2. The number of Topliss-reactive ketones (excluding diaryl/α,β-unsaturated/α-hetero) is 1. The van der Waals surface area contributed by atoms with Crippen LogP contribution in [0.15, 0.2) is 78.9 Å². The Morgan fingerprint density at radius 1 is 0.688 bits per heavy atom. The largest absolute Gasteiger partial charge is 0.299 e. The van der Waals surface area contributed by atoms with E-state index in [1.807, 2.05) is 30.3 Å². The van der Waals surface area contributed by atoms with Crippen LogP contribution in [0.5, 0.6) is 0 Å². The number of sulfone groups is 1. The van der Waals surface area contributed by atoms with Crippen LogP contribution in [0.3, 0.4) is 0 Å². The monoisotopic (exact) mass is 448 g/mol. The van der Waals surface area contributed by atoms with Crippen molar-refractivity contribution >= 4 is 15.6 Å². The number of rotatable bonds is 11. The fourth-order valence-electron chi connectivity index (χ4n) is 3.65. The van der Waals surface area contributed by atoms with Gasteiger partial charge in [-0.25, -0.2) is 8.42 Å². The summed E-state index contributed by atoms with van der Waals surface area (Å²) in [5.74, 6) is 0.420. The highest BCUT2D eigenvalue weighted by Crippen LogP contribution is 2.25. The first kappa shape index (κ1) is 23.9. The predicted octanol–water partition coefficient (Wildman–Crippen LogP) is 6.52. The van der Waals surface area contributed by atoms with Gasteiger partial charge in [-0.05, 0) is 54.5 Å². The van der Waals surface area contributed by atoms with Crippen LogP contribution in [-0.4, -0.2) is 25.2 Å². The maximum atomic E-state index is 12.3. The molecule has 0 N–H and O–H groups in total. The van der Waals surface area contributed by atoms with Crippen LogP contribution in [0.4, 0.5) is 0 Å². The van der Waals surface area contributed by atoms with E-state index in [-0.39, 0.29) is 16.8 Å². The van der Waals surface area contributed by atoms with Gasteiger partial charge in [0.25, 0.3) is 0 Å². The van der Waals surface area contributed by atoms with E-state index < -0.39 is 9.84 Å². The van der Waals surface area contributed by atoms with Crippen molar-refractivity contribution in [3.05, 3.63) is 84.4 Å². The summed E-state index contributed by atoms with van der Waals surface area (Å²) in [5, 5.41) is -0.325. The average molecular weight is 449 g/mol. The Labute approximate surface area is 192 Å². The van der Waals surface area contributed by atoms with Crippen LogP contribution in [0.1, 0.15) is 45.1 Å². The van der Waals surface area contributed by atoms with Crippen molar-refractivity contribution in [3.63, 3.8) is 0 Å². The number of hydrogen-bond donors (Lipinski definition) is 0. The third kappa shape index (κ3) is 6.89. The Balaban J connectivity index is 1.47. The van der Waals surface area contributed by atoms with Crippen LogP contribution < -0.4 is 0 Å². The Hall–Kier alpha value is -2.72. The minimum absolute atomic E-state index is 0.205. The zero-order chi connectivity index (χ0) is 23.0. The molecule has 0 saturated carbocycles. The molecule has 32 heavy (non-hydrogen) atoms. The molecule has 0 atom stereocenters. The third-order valence-corrected chi connectivity index (χ3v) is 8.08. The summed E-state index contributed by atoms with van der Waals surface area (Å²) >= 11 is 0. The van der Waals surface area contributed by atoms with Gasteiger partial charge in [0, 0.05) is 12.8 Å². The lowest BCUT2D eigenvalue weighted by atomic mass is 9.98. The smallest absolute Gasteiger partial charge is 0.152 e. The van der Waals surface area contributed by atoms with Crippen LogP contribution in [-0.2, 0) is 21.1 Å². The van der Waals surface area contributed by atoms with Gasteiger partial charge in [0.2, 0.25) is 0 Å². The Bertz CT molecular complexity index is 1100. The molecule has 0 aromatic heterocycles. The molecule has 0 unspecified atom stereocenters. The van der Waals surface area contributed by atoms with Crippen molar-refractivity contribution in [2.24, 2.45) is 0 Å². The quantitative estimate of drug-likeness (QED) is 0.314. The first-order valence-electron chi connectivity index (χ1n) is 11.3. The van der Waals surface area contributed by atoms with Crippen LogP contribution in [0, 0.1) is 0 Å². The molecule has 0 aliphatic rings. The second kappa shape index (κ2) is 11.2. The molecule has 0 aliphatic heterocycles. The molecule has 4 heteroatoms. The third-order valence-electron chi connectivity index (χ3n) is 5.78. The van der Waals surface area contributed by atoms with Gasteiger partial charge in [-0.3, -0.25) is 4.79 Å². The number of hydrogen-bond acceptors (Lipinski definition) is 3. The SMILES string of the molecule is CC(C)S(=O)(=O)CCCCCC(=O)Cc1ccc(-c2ccc(-c3ccccc3)cc2)cc1. The summed E-state index contributed by atoms with van der Waals surface area (Å²) in [6.45, 7) is 3.42. The van der Waals surface area contributed by atoms with Gasteiger partial charge in [-0.1, -0.05) is 85.3 Å². The standard InChI is InChI=1S/C28H32O3S/c1-22(2)32(30,31)20-8-4-7-11-28(29)21-23-12-14-25(15-13-23)27-18-16-26(17-19-27)24-9-5-3-6-10-24/h3,5-6,9-10,12-19,22H,4,7-8,11,20-21H2,1-2H3. The summed E-state index contributed by atoms with van der Waals surface area (Å²) in [6.07, 6.45) is 3.08. The Morgan fingerprint density at radius 3 is 1.72 bits per heavy atom. The molecule has 3 rings (SSSR count). The van der Waals surface area contributed by atoms with Gasteiger partial charge in [0.1, 0.15) is 5.78 Å². The van der Waals surface area contributed by atoms with Gasteiger partial charge < -0.3 is 0 Å². The van der Waals surface area contributed by atoms with E-state index in [0.717, 1.165) is 29.5 Å². The topological polar surface area (TPSA) is 51.2 Å². The second-order valence-electron chi connectivity index (χ2n) is 8.58. The van der Waals surface area contributed by atoms with Crippen molar-refractivity contribution in [2.45, 2.75) is 51.2 Å². The van der Waals surface area contributed by atoms with E-state index in [4.69, 9.17) is 0 Å². The average Bonchev–Trinajstić information content (AvgIpc) is 2.80. The minimum atomic E-state index is -2.98. The van der Waals surface area contributed by atoms with E-state index in [1.165, 1.54) is 11.1 Å². The number of benzene rings is 3. The van der Waals surface area contributed by atoms with Gasteiger partial charge in [0.05, 0.1) is 11.0 Å². The maximum Gasteiger partial charge on any atom is 0.152 e. The number of unbranched alkanes of at least 4 members (excludes halogenated alkanes) is 2. The van der Waals surface area contributed by atoms with Gasteiger partial charge >= 0.3 is 0 Å². The fourth-order valence-corrected chi connectivity index (χ4v) is 4.73. The first-order chi connectivity index (χ1) is 15.3. The number of carbonyl (C=O) groups excluding carboxylic acids is 1. The van der Waals surface area contributed by atoms with Crippen LogP contribution in [0.25, 0.3) is 22.3 Å². The lowest BCUT2D eigenvalue weighted by Gasteiger charge is -2.08. The minimum Gasteiger partial charge on any atom is -0.299 e. The van der Waals surface area contributed by atoms with Gasteiger partial charge in [0.15, 0.2) is 9.84 Å². The second-order valence-corrected chi connectivity index (χ2v) is 11.3. The molecule has 0 spiro atoms. The highest BCUT2D eigenvalue weighted by molar-refractivity contribution is 7.91. The summed E-state index contributed by atoms with van der Waals surface area (Å²) < 4.78 is 23.6. The number of carbonyl (C=O) groups is 1. The predicted molar refractivity (Wildman–Crippen MR) is 133 cm³/mol. The van der Waals surface area contributed by atoms with Crippen LogP contribution >= 0.6 is 0 Å².